The minimum Gasteiger partial charge on any atom is -0.342 e. The van der Waals surface area contributed by atoms with Crippen molar-refractivity contribution in [2.24, 2.45) is 0 Å². The van der Waals surface area contributed by atoms with E-state index in [9.17, 15) is 9.18 Å². The molecule has 0 atom stereocenters. The maximum atomic E-state index is 12.8. The molecule has 2 N–H and O–H groups in total. The summed E-state index contributed by atoms with van der Waals surface area (Å²) in [6.45, 7) is 0.769. The summed E-state index contributed by atoms with van der Waals surface area (Å²) in [6, 6.07) is 8.18. The highest BCUT2D eigenvalue weighted by molar-refractivity contribution is 5.78. The molecule has 0 aromatic heterocycles. The maximum absolute atomic E-state index is 12.8. The van der Waals surface area contributed by atoms with Gasteiger partial charge in [0, 0.05) is 0 Å². The van der Waals surface area contributed by atoms with Crippen LogP contribution in [0.25, 0.3) is 0 Å². The number of hydrogen-bond acceptors (Lipinski definition) is 3. The van der Waals surface area contributed by atoms with Crippen molar-refractivity contribution >= 4 is 5.91 Å². The van der Waals surface area contributed by atoms with E-state index in [1.54, 1.807) is 6.07 Å². The Bertz CT molecular complexity index is 414. The number of nitrogens with zero attached hydrogens (tertiary/aromatic N) is 1. The van der Waals surface area contributed by atoms with Gasteiger partial charge in [0.1, 0.15) is 12.4 Å². The SMILES string of the molecule is N#CCNC(=O)CNCCc1cccc(F)c1. The monoisotopic (exact) mass is 235 g/mol. The molecule has 0 aliphatic heterocycles. The summed E-state index contributed by atoms with van der Waals surface area (Å²) in [6.07, 6.45) is 0.656. The van der Waals surface area contributed by atoms with Crippen LogP contribution < -0.4 is 10.6 Å². The van der Waals surface area contributed by atoms with E-state index in [-0.39, 0.29) is 24.8 Å². The van der Waals surface area contributed by atoms with E-state index < -0.39 is 0 Å². The van der Waals surface area contributed by atoms with Crippen LogP contribution in [-0.2, 0) is 11.2 Å². The Morgan fingerprint density at radius 2 is 2.29 bits per heavy atom. The summed E-state index contributed by atoms with van der Waals surface area (Å²) in [5.74, 6) is -0.472. The number of nitriles is 1. The van der Waals surface area contributed by atoms with Gasteiger partial charge in [-0.2, -0.15) is 5.26 Å². The summed E-state index contributed by atoms with van der Waals surface area (Å²) < 4.78 is 12.8. The average molecular weight is 235 g/mol. The van der Waals surface area contributed by atoms with Crippen LogP contribution in [0.5, 0.6) is 0 Å². The molecule has 0 saturated heterocycles. The summed E-state index contributed by atoms with van der Waals surface area (Å²) >= 11 is 0. The number of halogens is 1. The minimum absolute atomic E-state index is 0.0183. The Labute approximate surface area is 99.4 Å². The molecular weight excluding hydrogens is 221 g/mol. The van der Waals surface area contributed by atoms with Crippen molar-refractivity contribution in [3.63, 3.8) is 0 Å². The lowest BCUT2D eigenvalue weighted by atomic mass is 10.1. The van der Waals surface area contributed by atoms with E-state index in [1.165, 1.54) is 12.1 Å². The molecule has 0 heterocycles. The fourth-order valence-electron chi connectivity index (χ4n) is 1.33. The van der Waals surface area contributed by atoms with Crippen molar-refractivity contribution in [1.29, 1.82) is 5.26 Å². The molecule has 0 bridgehead atoms. The zero-order valence-electron chi connectivity index (χ0n) is 9.37. The van der Waals surface area contributed by atoms with Crippen LogP contribution in [0.1, 0.15) is 5.56 Å². The fourth-order valence-corrected chi connectivity index (χ4v) is 1.33. The van der Waals surface area contributed by atoms with Crippen molar-refractivity contribution in [2.45, 2.75) is 6.42 Å². The van der Waals surface area contributed by atoms with Crippen LogP contribution in [-0.4, -0.2) is 25.5 Å². The molecule has 0 fully saturated rings. The highest BCUT2D eigenvalue weighted by atomic mass is 19.1. The molecule has 0 aliphatic rings. The molecule has 1 rings (SSSR count). The molecule has 0 saturated carbocycles. The van der Waals surface area contributed by atoms with Crippen LogP contribution in [0.2, 0.25) is 0 Å². The fraction of sp³-hybridized carbons (Fsp3) is 0.333. The summed E-state index contributed by atoms with van der Waals surface area (Å²) in [4.78, 5) is 11.1. The minimum atomic E-state index is -0.255. The predicted octanol–water partition coefficient (Wildman–Crippen LogP) is 0.598. The summed E-state index contributed by atoms with van der Waals surface area (Å²) in [7, 11) is 0. The van der Waals surface area contributed by atoms with E-state index in [0.29, 0.717) is 13.0 Å². The zero-order chi connectivity index (χ0) is 12.5. The van der Waals surface area contributed by atoms with Gasteiger partial charge in [0.2, 0.25) is 5.91 Å². The number of carbonyl (C=O) groups is 1. The summed E-state index contributed by atoms with van der Waals surface area (Å²) in [5, 5.41) is 13.6. The molecule has 1 aromatic rings. The largest absolute Gasteiger partial charge is 0.342 e. The molecule has 90 valence electrons. The second-order valence-electron chi connectivity index (χ2n) is 3.49. The molecule has 0 unspecified atom stereocenters. The number of hydrogen-bond donors (Lipinski definition) is 2. The maximum Gasteiger partial charge on any atom is 0.234 e. The Hall–Kier alpha value is -1.93. The lowest BCUT2D eigenvalue weighted by Gasteiger charge is -2.04. The first-order chi connectivity index (χ1) is 8.22. The zero-order valence-corrected chi connectivity index (χ0v) is 9.37. The Morgan fingerprint density at radius 1 is 1.47 bits per heavy atom. The second kappa shape index (κ2) is 7.36. The Kier molecular flexibility index (Phi) is 5.69. The van der Waals surface area contributed by atoms with Gasteiger partial charge in [-0.1, -0.05) is 12.1 Å². The topological polar surface area (TPSA) is 64.9 Å². The van der Waals surface area contributed by atoms with Gasteiger partial charge in [-0.25, -0.2) is 4.39 Å². The van der Waals surface area contributed by atoms with Crippen molar-refractivity contribution < 1.29 is 9.18 Å². The van der Waals surface area contributed by atoms with Crippen molar-refractivity contribution in [1.82, 2.24) is 10.6 Å². The molecule has 0 aliphatic carbocycles. The third kappa shape index (κ3) is 5.64. The van der Waals surface area contributed by atoms with Crippen LogP contribution in [0.3, 0.4) is 0 Å². The van der Waals surface area contributed by atoms with Gasteiger partial charge in [0.25, 0.3) is 0 Å². The highest BCUT2D eigenvalue weighted by Gasteiger charge is 1.99. The van der Waals surface area contributed by atoms with E-state index in [1.807, 2.05) is 12.1 Å². The standard InChI is InChI=1S/C12H14FN3O/c13-11-3-1-2-10(8-11)4-6-15-9-12(17)16-7-5-14/h1-3,8,15H,4,6-7,9H2,(H,16,17). The molecule has 5 heteroatoms. The molecule has 0 spiro atoms. The molecule has 17 heavy (non-hydrogen) atoms. The van der Waals surface area contributed by atoms with E-state index >= 15 is 0 Å². The van der Waals surface area contributed by atoms with Crippen molar-refractivity contribution in [3.8, 4) is 6.07 Å². The normalized spacial score (nSPS) is 9.65. The van der Waals surface area contributed by atoms with Crippen LogP contribution in [0, 0.1) is 17.1 Å². The molecule has 4 nitrogen and oxygen atoms in total. The van der Waals surface area contributed by atoms with Gasteiger partial charge in [0.05, 0.1) is 12.6 Å². The quantitative estimate of drug-likeness (QED) is 0.560. The number of rotatable bonds is 6. The molecule has 0 radical (unpaired) electrons. The third-order valence-corrected chi connectivity index (χ3v) is 2.13. The van der Waals surface area contributed by atoms with E-state index in [0.717, 1.165) is 5.56 Å². The number of amides is 1. The highest BCUT2D eigenvalue weighted by Crippen LogP contribution is 2.03. The molecular formula is C12H14FN3O. The van der Waals surface area contributed by atoms with Crippen molar-refractivity contribution in [2.75, 3.05) is 19.6 Å². The first-order valence-electron chi connectivity index (χ1n) is 5.31. The number of nitrogens with one attached hydrogen (secondary N) is 2. The predicted molar refractivity (Wildman–Crippen MR) is 61.6 cm³/mol. The van der Waals surface area contributed by atoms with Gasteiger partial charge in [-0.3, -0.25) is 4.79 Å². The number of benzene rings is 1. The Morgan fingerprint density at radius 3 is 3.00 bits per heavy atom. The van der Waals surface area contributed by atoms with Gasteiger partial charge >= 0.3 is 0 Å². The van der Waals surface area contributed by atoms with Gasteiger partial charge in [0.15, 0.2) is 0 Å². The average Bonchev–Trinajstić information content (AvgIpc) is 2.32. The van der Waals surface area contributed by atoms with Crippen LogP contribution in [0.4, 0.5) is 4.39 Å². The number of carbonyl (C=O) groups excluding carboxylic acids is 1. The Balaban J connectivity index is 2.16. The van der Waals surface area contributed by atoms with Crippen LogP contribution in [0.15, 0.2) is 24.3 Å². The summed E-state index contributed by atoms with van der Waals surface area (Å²) in [5.41, 5.74) is 0.884. The smallest absolute Gasteiger partial charge is 0.234 e. The van der Waals surface area contributed by atoms with Gasteiger partial charge in [-0.15, -0.1) is 0 Å². The third-order valence-electron chi connectivity index (χ3n) is 2.13. The van der Waals surface area contributed by atoms with Gasteiger partial charge < -0.3 is 10.6 Å². The first kappa shape index (κ1) is 13.1. The molecule has 1 amide bonds. The molecule has 1 aromatic carbocycles. The lowest BCUT2D eigenvalue weighted by Crippen LogP contribution is -2.34. The lowest BCUT2D eigenvalue weighted by molar-refractivity contribution is -0.120. The van der Waals surface area contributed by atoms with E-state index in [4.69, 9.17) is 5.26 Å². The van der Waals surface area contributed by atoms with Crippen LogP contribution >= 0.6 is 0 Å². The van der Waals surface area contributed by atoms with E-state index in [2.05, 4.69) is 10.6 Å². The second-order valence-corrected chi connectivity index (χ2v) is 3.49. The van der Waals surface area contributed by atoms with Crippen molar-refractivity contribution in [3.05, 3.63) is 35.6 Å². The van der Waals surface area contributed by atoms with Gasteiger partial charge in [-0.05, 0) is 30.7 Å². The first-order valence-corrected chi connectivity index (χ1v) is 5.31.